The molecule has 0 bridgehead atoms. The van der Waals surface area contributed by atoms with E-state index in [1.807, 2.05) is 26.8 Å². The zero-order valence-corrected chi connectivity index (χ0v) is 26.3. The number of hydrazine groups is 1. The fourth-order valence-corrected chi connectivity index (χ4v) is 8.48. The van der Waals surface area contributed by atoms with Crippen LogP contribution < -0.4 is 5.43 Å². The number of hydrogen-bond donors (Lipinski definition) is 2. The van der Waals surface area contributed by atoms with E-state index in [9.17, 15) is 23.9 Å². The third-order valence-corrected chi connectivity index (χ3v) is 10.4. The first-order chi connectivity index (χ1) is 21.8. The summed E-state index contributed by atoms with van der Waals surface area (Å²) in [4.78, 5) is 58.7. The van der Waals surface area contributed by atoms with Crippen LogP contribution in [-0.2, 0) is 24.6 Å². The molecule has 3 fully saturated rings. The molecule has 7 rings (SSSR count). The number of aromatic hydroxyl groups is 1. The summed E-state index contributed by atoms with van der Waals surface area (Å²) < 4.78 is 13.7. The van der Waals surface area contributed by atoms with Crippen molar-refractivity contribution in [3.05, 3.63) is 106 Å². The van der Waals surface area contributed by atoms with Gasteiger partial charge in [0.25, 0.3) is 11.8 Å². The molecule has 0 aromatic heterocycles. The number of allylic oxidation sites excluding steroid dienone is 2. The highest BCUT2D eigenvalue weighted by Gasteiger charge is 2.70. The third-order valence-electron chi connectivity index (χ3n) is 10.2. The van der Waals surface area contributed by atoms with E-state index in [0.29, 0.717) is 28.3 Å². The van der Waals surface area contributed by atoms with Crippen LogP contribution in [0.15, 0.2) is 84.4 Å². The van der Waals surface area contributed by atoms with Crippen LogP contribution in [0.5, 0.6) is 5.75 Å². The summed E-state index contributed by atoms with van der Waals surface area (Å²) in [5, 5.41) is 11.7. The quantitative estimate of drug-likeness (QED) is 0.269. The summed E-state index contributed by atoms with van der Waals surface area (Å²) in [7, 11) is 0. The van der Waals surface area contributed by atoms with Gasteiger partial charge in [-0.3, -0.25) is 29.5 Å². The summed E-state index contributed by atoms with van der Waals surface area (Å²) in [6.45, 7) is 5.49. The Balaban J connectivity index is 1.45. The molecule has 4 amide bonds. The Labute approximate surface area is 270 Å². The highest BCUT2D eigenvalue weighted by Crippen LogP contribution is 2.64. The Morgan fingerprint density at radius 2 is 1.52 bits per heavy atom. The van der Waals surface area contributed by atoms with Gasteiger partial charge < -0.3 is 5.11 Å². The molecule has 3 aromatic carbocycles. The number of anilines is 1. The first-order valence-corrected chi connectivity index (χ1v) is 15.7. The predicted octanol–water partition coefficient (Wildman–Crippen LogP) is 5.97. The highest BCUT2D eigenvalue weighted by molar-refractivity contribution is 6.30. The summed E-state index contributed by atoms with van der Waals surface area (Å²) in [5.74, 6) is -5.29. The van der Waals surface area contributed by atoms with Crippen molar-refractivity contribution in [2.45, 2.75) is 50.5 Å². The van der Waals surface area contributed by atoms with Gasteiger partial charge in [0.2, 0.25) is 11.8 Å². The van der Waals surface area contributed by atoms with E-state index >= 15 is 4.79 Å². The van der Waals surface area contributed by atoms with Crippen LogP contribution in [0.4, 0.5) is 10.1 Å². The van der Waals surface area contributed by atoms with Gasteiger partial charge in [-0.05, 0) is 99.2 Å². The molecule has 1 saturated carbocycles. The number of amides is 4. The van der Waals surface area contributed by atoms with Crippen molar-refractivity contribution in [2.24, 2.45) is 23.7 Å². The van der Waals surface area contributed by atoms with Gasteiger partial charge in [-0.15, -0.1) is 0 Å². The van der Waals surface area contributed by atoms with Gasteiger partial charge in [0.05, 0.1) is 28.9 Å². The first-order valence-electron chi connectivity index (χ1n) is 15.4. The monoisotopic (exact) mass is 641 g/mol. The second kappa shape index (κ2) is 10.5. The molecule has 3 aromatic rings. The van der Waals surface area contributed by atoms with Gasteiger partial charge in [0.15, 0.2) is 0 Å². The van der Waals surface area contributed by atoms with E-state index in [2.05, 4.69) is 5.43 Å². The second-order valence-corrected chi connectivity index (χ2v) is 14.1. The number of phenolic OH excluding ortho intramolecular Hbond substituents is 1. The number of fused-ring (bicyclic) bond motifs is 4. The smallest absolute Gasteiger partial charge is 0.260 e. The van der Waals surface area contributed by atoms with Crippen LogP contribution in [0.25, 0.3) is 0 Å². The van der Waals surface area contributed by atoms with Crippen LogP contribution in [0.3, 0.4) is 0 Å². The lowest BCUT2D eigenvalue weighted by Gasteiger charge is -2.50. The maximum atomic E-state index is 15.0. The molecule has 4 aliphatic rings. The van der Waals surface area contributed by atoms with Crippen LogP contribution >= 0.6 is 11.6 Å². The molecular formula is C36H33ClFN3O5. The fraction of sp³-hybridized carbons (Fsp3) is 0.333. The molecule has 2 aliphatic heterocycles. The van der Waals surface area contributed by atoms with Gasteiger partial charge in [0.1, 0.15) is 11.6 Å². The zero-order chi connectivity index (χ0) is 32.7. The van der Waals surface area contributed by atoms with E-state index in [1.54, 1.807) is 36.4 Å². The summed E-state index contributed by atoms with van der Waals surface area (Å²) in [6.07, 6.45) is 2.47. The molecule has 236 valence electrons. The number of carbonyl (C=O) groups excluding carboxylic acids is 4. The maximum absolute atomic E-state index is 15.0. The van der Waals surface area contributed by atoms with Gasteiger partial charge in [-0.2, -0.15) is 5.01 Å². The Morgan fingerprint density at radius 3 is 2.15 bits per heavy atom. The number of likely N-dealkylation sites (tertiary alicyclic amines) is 1. The van der Waals surface area contributed by atoms with E-state index < -0.39 is 58.2 Å². The van der Waals surface area contributed by atoms with Crippen LogP contribution in [0, 0.1) is 29.5 Å². The minimum absolute atomic E-state index is 0.0386. The molecule has 46 heavy (non-hydrogen) atoms. The van der Waals surface area contributed by atoms with E-state index in [4.69, 9.17) is 11.6 Å². The predicted molar refractivity (Wildman–Crippen MR) is 169 cm³/mol. The van der Waals surface area contributed by atoms with Crippen molar-refractivity contribution in [3.8, 4) is 5.75 Å². The van der Waals surface area contributed by atoms with Crippen molar-refractivity contribution < 1.29 is 28.7 Å². The number of rotatable bonds is 4. The van der Waals surface area contributed by atoms with Gasteiger partial charge in [-0.25, -0.2) is 4.39 Å². The number of hydrogen-bond acceptors (Lipinski definition) is 6. The number of carbonyl (C=O) groups is 4. The van der Waals surface area contributed by atoms with E-state index in [1.165, 1.54) is 41.3 Å². The molecule has 8 nitrogen and oxygen atoms in total. The van der Waals surface area contributed by atoms with E-state index in [-0.39, 0.29) is 24.0 Å². The molecule has 2 saturated heterocycles. The lowest BCUT2D eigenvalue weighted by atomic mass is 9.49. The summed E-state index contributed by atoms with van der Waals surface area (Å²) in [6, 6.07) is 18.8. The van der Waals surface area contributed by atoms with Gasteiger partial charge in [0, 0.05) is 16.5 Å². The number of halogens is 2. The standard InChI is InChI=1S/C36H33ClFN3O5/c1-35(2,3)40-31(43)26-17-16-25-27(29(26)33(40)45)18-28-32(44)41(39-23-12-10-22(38)11-13-23)34(46)36(28,20-6-8-21(37)9-7-20)30(25)19-4-14-24(42)15-5-19/h4-16,26-30,39,42H,17-18H2,1-3H3. The molecule has 6 unspecified atom stereocenters. The minimum atomic E-state index is -1.46. The summed E-state index contributed by atoms with van der Waals surface area (Å²) >= 11 is 6.31. The van der Waals surface area contributed by atoms with Gasteiger partial charge >= 0.3 is 0 Å². The largest absolute Gasteiger partial charge is 0.508 e. The molecular weight excluding hydrogens is 609 g/mol. The third kappa shape index (κ3) is 4.31. The van der Waals surface area contributed by atoms with E-state index in [0.717, 1.165) is 10.6 Å². The lowest BCUT2D eigenvalue weighted by molar-refractivity contribution is -0.146. The number of nitrogens with one attached hydrogen (secondary N) is 1. The highest BCUT2D eigenvalue weighted by atomic mass is 35.5. The molecule has 10 heteroatoms. The Morgan fingerprint density at radius 1 is 0.870 bits per heavy atom. The molecule has 0 spiro atoms. The van der Waals surface area contributed by atoms with Crippen molar-refractivity contribution in [1.82, 2.24) is 9.91 Å². The second-order valence-electron chi connectivity index (χ2n) is 13.6. The van der Waals surface area contributed by atoms with Crippen molar-refractivity contribution in [1.29, 1.82) is 0 Å². The first kappa shape index (κ1) is 30.2. The van der Waals surface area contributed by atoms with Crippen molar-refractivity contribution in [3.63, 3.8) is 0 Å². The zero-order valence-electron chi connectivity index (χ0n) is 25.5. The van der Waals surface area contributed by atoms with Crippen LogP contribution in [-0.4, -0.2) is 44.2 Å². The van der Waals surface area contributed by atoms with Crippen LogP contribution in [0.2, 0.25) is 5.02 Å². The SMILES string of the molecule is CC(C)(C)N1C(=O)C2CC=C3C(CC4C(=O)N(Nc5ccc(F)cc5)C(=O)C4(c4ccc(Cl)cc4)C3c3ccc(O)cc3)C2C1=O. The average Bonchev–Trinajstić information content (AvgIpc) is 3.40. The number of imide groups is 2. The minimum Gasteiger partial charge on any atom is -0.508 e. The molecule has 6 atom stereocenters. The Bertz CT molecular complexity index is 1800. The number of nitrogens with zero attached hydrogens (tertiary/aromatic N) is 2. The van der Waals surface area contributed by atoms with Crippen LogP contribution in [0.1, 0.15) is 50.7 Å². The summed E-state index contributed by atoms with van der Waals surface area (Å²) in [5.41, 5.74) is 3.18. The maximum Gasteiger partial charge on any atom is 0.260 e. The lowest BCUT2D eigenvalue weighted by Crippen LogP contribution is -2.53. The Hall–Kier alpha value is -4.50. The molecule has 2 aliphatic carbocycles. The average molecular weight is 642 g/mol. The van der Waals surface area contributed by atoms with Crippen molar-refractivity contribution in [2.75, 3.05) is 5.43 Å². The van der Waals surface area contributed by atoms with Gasteiger partial charge in [-0.1, -0.05) is 47.5 Å². The molecule has 0 radical (unpaired) electrons. The number of phenols is 1. The topological polar surface area (TPSA) is 107 Å². The Kier molecular flexibility index (Phi) is 6.90. The fourth-order valence-electron chi connectivity index (χ4n) is 8.36. The molecule has 2 heterocycles. The normalized spacial score (nSPS) is 29.0. The molecule has 2 N–H and O–H groups in total. The van der Waals surface area contributed by atoms with Crippen molar-refractivity contribution >= 4 is 40.9 Å². The number of benzene rings is 3.